The highest BCUT2D eigenvalue weighted by Crippen LogP contribution is 2.40. The fraction of sp³-hybridized carbons (Fsp3) is 0. The van der Waals surface area contributed by atoms with E-state index < -0.39 is 0 Å². The molecule has 178 valence electrons. The molecule has 37 heavy (non-hydrogen) atoms. The van der Waals surface area contributed by atoms with E-state index in [0.717, 1.165) is 22.5 Å². The second-order valence-corrected chi connectivity index (χ2v) is 8.66. The van der Waals surface area contributed by atoms with Gasteiger partial charge in [0.15, 0.2) is 11.3 Å². The quantitative estimate of drug-likeness (QED) is 0.226. The Morgan fingerprint density at radius 3 is 1.84 bits per heavy atom. The van der Waals surface area contributed by atoms with Gasteiger partial charge < -0.3 is 0 Å². The minimum absolute atomic E-state index is 0.550. The minimum Gasteiger partial charge on any atom is -0.288 e. The molecule has 0 atom stereocenters. The van der Waals surface area contributed by atoms with Crippen molar-refractivity contribution in [1.29, 1.82) is 0 Å². The van der Waals surface area contributed by atoms with Crippen LogP contribution in [0.1, 0.15) is 0 Å². The summed E-state index contributed by atoms with van der Waals surface area (Å²) >= 11 is 6.04. The van der Waals surface area contributed by atoms with E-state index in [2.05, 4.69) is 25.6 Å². The first-order chi connectivity index (χ1) is 18.3. The molecule has 0 saturated heterocycles. The lowest BCUT2D eigenvalue weighted by atomic mass is 10.1. The lowest BCUT2D eigenvalue weighted by molar-refractivity contribution is 0.957. The van der Waals surface area contributed by atoms with Gasteiger partial charge in [0.1, 0.15) is 5.69 Å². The average molecular weight is 502 g/mol. The highest BCUT2D eigenvalue weighted by molar-refractivity contribution is 6.30. The van der Waals surface area contributed by atoms with E-state index in [0.29, 0.717) is 33.6 Å². The average Bonchev–Trinajstić information content (AvgIpc) is 3.49. The second-order valence-electron chi connectivity index (χ2n) is 8.22. The fourth-order valence-electron chi connectivity index (χ4n) is 3.95. The van der Waals surface area contributed by atoms with Crippen LogP contribution in [0, 0.1) is 0 Å². The Hall–Kier alpha value is -4.88. The summed E-state index contributed by atoms with van der Waals surface area (Å²) in [7, 11) is 0. The Bertz CT molecular complexity index is 1700. The molecule has 8 heteroatoms. The molecule has 0 spiro atoms. The van der Waals surface area contributed by atoms with Gasteiger partial charge in [-0.1, -0.05) is 90.5 Å². The van der Waals surface area contributed by atoms with Crippen molar-refractivity contribution < 1.29 is 0 Å². The van der Waals surface area contributed by atoms with Crippen molar-refractivity contribution in [3.05, 3.63) is 120 Å². The molecular weight excluding hydrogens is 482 g/mol. The number of imidazole rings is 1. The van der Waals surface area contributed by atoms with E-state index in [1.54, 1.807) is 12.1 Å². The van der Waals surface area contributed by atoms with Gasteiger partial charge in [0.25, 0.3) is 0 Å². The maximum absolute atomic E-state index is 6.04. The molecule has 2 heterocycles. The van der Waals surface area contributed by atoms with Gasteiger partial charge in [0.2, 0.25) is 5.82 Å². The molecule has 6 rings (SSSR count). The number of aromatic nitrogens is 3. The molecule has 6 aromatic rings. The van der Waals surface area contributed by atoms with Gasteiger partial charge in [0.05, 0.1) is 17.1 Å². The van der Waals surface area contributed by atoms with Crippen LogP contribution in [0.2, 0.25) is 5.02 Å². The molecule has 1 N–H and O–H groups in total. The number of rotatable bonds is 6. The Kier molecular flexibility index (Phi) is 6.10. The van der Waals surface area contributed by atoms with E-state index >= 15 is 0 Å². The maximum Gasteiger partial charge on any atom is 0.202 e. The summed E-state index contributed by atoms with van der Waals surface area (Å²) < 4.78 is 1.81. The van der Waals surface area contributed by atoms with E-state index in [-0.39, 0.29) is 0 Å². The number of fused-ring (bicyclic) bond motifs is 1. The summed E-state index contributed by atoms with van der Waals surface area (Å²) in [6.45, 7) is 0. The normalized spacial score (nSPS) is 11.7. The molecule has 4 aromatic carbocycles. The van der Waals surface area contributed by atoms with Gasteiger partial charge in [-0.15, -0.1) is 15.3 Å². The lowest BCUT2D eigenvalue weighted by Gasteiger charge is -2.01. The van der Waals surface area contributed by atoms with Crippen LogP contribution in [0.3, 0.4) is 0 Å². The Morgan fingerprint density at radius 2 is 1.16 bits per heavy atom. The zero-order chi connectivity index (χ0) is 25.0. The van der Waals surface area contributed by atoms with Crippen molar-refractivity contribution >= 4 is 40.1 Å². The van der Waals surface area contributed by atoms with Crippen molar-refractivity contribution in [3.63, 3.8) is 0 Å². The van der Waals surface area contributed by atoms with Crippen molar-refractivity contribution in [1.82, 2.24) is 14.6 Å². The molecular formula is C29H20ClN7. The van der Waals surface area contributed by atoms with Gasteiger partial charge in [-0.25, -0.2) is 9.50 Å². The van der Waals surface area contributed by atoms with E-state index in [1.165, 1.54) is 0 Å². The third kappa shape index (κ3) is 4.68. The number of nitrogens with one attached hydrogen (secondary N) is 1. The molecule has 0 saturated carbocycles. The number of nitrogens with zero attached hydrogens (tertiary/aromatic N) is 6. The molecule has 0 aliphatic rings. The first-order valence-corrected chi connectivity index (χ1v) is 12.0. The molecule has 0 aliphatic heterocycles. The molecule has 0 radical (unpaired) electrons. The predicted molar refractivity (Wildman–Crippen MR) is 147 cm³/mol. The summed E-state index contributed by atoms with van der Waals surface area (Å²) in [4.78, 5) is 4.97. The van der Waals surface area contributed by atoms with Crippen LogP contribution in [0.4, 0.5) is 22.9 Å². The Labute approximate surface area is 217 Å². The Balaban J connectivity index is 1.57. The van der Waals surface area contributed by atoms with Crippen molar-refractivity contribution in [3.8, 4) is 22.5 Å². The minimum atomic E-state index is 0.550. The van der Waals surface area contributed by atoms with E-state index in [4.69, 9.17) is 16.6 Å². The predicted octanol–water partition coefficient (Wildman–Crippen LogP) is 9.48. The monoisotopic (exact) mass is 501 g/mol. The number of halogens is 1. The molecule has 7 nitrogen and oxygen atoms in total. The lowest BCUT2D eigenvalue weighted by Crippen LogP contribution is -1.85. The zero-order valence-electron chi connectivity index (χ0n) is 19.5. The first-order valence-electron chi connectivity index (χ1n) is 11.7. The van der Waals surface area contributed by atoms with Crippen LogP contribution in [-0.2, 0) is 0 Å². The number of benzene rings is 4. The van der Waals surface area contributed by atoms with Crippen LogP contribution >= 0.6 is 11.6 Å². The van der Waals surface area contributed by atoms with Crippen molar-refractivity contribution in [2.24, 2.45) is 20.5 Å². The summed E-state index contributed by atoms with van der Waals surface area (Å²) in [5, 5.41) is 22.3. The van der Waals surface area contributed by atoms with Gasteiger partial charge >= 0.3 is 0 Å². The van der Waals surface area contributed by atoms with Crippen LogP contribution < -0.4 is 0 Å². The van der Waals surface area contributed by atoms with E-state index in [1.807, 2.05) is 108 Å². The third-order valence-corrected chi connectivity index (χ3v) is 6.00. The highest BCUT2D eigenvalue weighted by atomic mass is 35.5. The first kappa shape index (κ1) is 22.6. The van der Waals surface area contributed by atoms with Crippen molar-refractivity contribution in [2.75, 3.05) is 0 Å². The molecule has 0 aliphatic carbocycles. The molecule has 0 unspecified atom stereocenters. The molecule has 0 bridgehead atoms. The number of aromatic amines is 1. The van der Waals surface area contributed by atoms with E-state index in [9.17, 15) is 0 Å². The third-order valence-electron chi connectivity index (χ3n) is 5.74. The van der Waals surface area contributed by atoms with Gasteiger partial charge in [0, 0.05) is 16.1 Å². The smallest absolute Gasteiger partial charge is 0.202 e. The SMILES string of the molecule is Clc1ccc(N=Nc2c(-c3ccccc3)nc3c(N=Nc4ccccc4)c(-c4ccccc4)[nH]n23)cc1. The summed E-state index contributed by atoms with van der Waals surface area (Å²) in [5.41, 5.74) is 5.97. The number of H-pyrrole nitrogens is 1. The molecule has 2 aromatic heterocycles. The van der Waals surface area contributed by atoms with Crippen LogP contribution in [0.5, 0.6) is 0 Å². The highest BCUT2D eigenvalue weighted by Gasteiger charge is 2.22. The second kappa shape index (κ2) is 10.0. The van der Waals surface area contributed by atoms with Crippen LogP contribution in [0.25, 0.3) is 28.2 Å². The number of azo groups is 2. The van der Waals surface area contributed by atoms with Crippen LogP contribution in [0.15, 0.2) is 136 Å². The summed E-state index contributed by atoms with van der Waals surface area (Å²) in [6, 6.07) is 36.7. The number of hydrogen-bond donors (Lipinski definition) is 1. The standard InChI is InChI=1S/C29H20ClN7/c30-22-16-18-24(19-17-22)33-35-29-26(21-12-6-2-7-13-21)31-28-27(34-32-23-14-8-3-9-15-23)25(36-37(28)29)20-10-4-1-5-11-20/h1-19,36H. The number of hydrogen-bond acceptors (Lipinski definition) is 5. The topological polar surface area (TPSA) is 82.5 Å². The largest absolute Gasteiger partial charge is 0.288 e. The Morgan fingerprint density at radius 1 is 0.595 bits per heavy atom. The molecule has 0 fully saturated rings. The van der Waals surface area contributed by atoms with Crippen molar-refractivity contribution in [2.45, 2.75) is 0 Å². The summed E-state index contributed by atoms with van der Waals surface area (Å²) in [6.07, 6.45) is 0. The molecule has 0 amide bonds. The maximum atomic E-state index is 6.04. The zero-order valence-corrected chi connectivity index (χ0v) is 20.3. The summed E-state index contributed by atoms with van der Waals surface area (Å²) in [5.74, 6) is 0.550. The fourth-order valence-corrected chi connectivity index (χ4v) is 4.08. The van der Waals surface area contributed by atoms with Crippen LogP contribution in [-0.4, -0.2) is 14.6 Å². The van der Waals surface area contributed by atoms with Gasteiger partial charge in [-0.3, -0.25) is 5.10 Å². The van der Waals surface area contributed by atoms with Gasteiger partial charge in [-0.2, -0.15) is 5.11 Å². The van der Waals surface area contributed by atoms with Gasteiger partial charge in [-0.05, 0) is 36.4 Å².